The number of likely N-dealkylation sites (N-methyl/N-ethyl adjacent to an activating group) is 7. The van der Waals surface area contributed by atoms with Crippen LogP contribution in [-0.2, 0) is 87.5 Å². The summed E-state index contributed by atoms with van der Waals surface area (Å²) < 4.78 is 96.0. The molecule has 6 aliphatic rings. The molecule has 0 aromatic heterocycles. The second-order valence-electron chi connectivity index (χ2n) is 30.6. The Morgan fingerprint density at radius 2 is 1.32 bits per heavy atom. The van der Waals surface area contributed by atoms with Crippen LogP contribution < -0.4 is 15.4 Å². The summed E-state index contributed by atoms with van der Waals surface area (Å²) in [5.41, 5.74) is -3.32. The largest absolute Gasteiger partial charge is 0.496 e. The molecule has 3 saturated carbocycles. The van der Waals surface area contributed by atoms with Crippen LogP contribution in [0.1, 0.15) is 159 Å². The van der Waals surface area contributed by atoms with Gasteiger partial charge >= 0.3 is 12.4 Å². The van der Waals surface area contributed by atoms with Gasteiger partial charge in [0.25, 0.3) is 0 Å². The number of nitrogens with one attached hydrogen (secondary N) is 2. The zero-order chi connectivity index (χ0) is 81.2. The van der Waals surface area contributed by atoms with Crippen LogP contribution >= 0.6 is 0 Å². The first kappa shape index (κ1) is 86.7. The zero-order valence-electron chi connectivity index (χ0n) is 65.6. The van der Waals surface area contributed by atoms with Gasteiger partial charge in [-0.05, 0) is 131 Å². The number of nitrogens with zero attached hydrogens (tertiary/aromatic N) is 10. The van der Waals surface area contributed by atoms with E-state index in [9.17, 15) is 50.3 Å². The molecule has 8 rings (SSSR count). The van der Waals surface area contributed by atoms with Crippen LogP contribution in [0.2, 0.25) is 0 Å². The van der Waals surface area contributed by atoms with Crippen molar-refractivity contribution in [1.82, 2.24) is 59.6 Å². The molecular weight excluding hydrogens is 1440 g/mol. The second kappa shape index (κ2) is 37.0. The van der Waals surface area contributed by atoms with Gasteiger partial charge in [0.1, 0.15) is 66.2 Å². The molecule has 2 N–H and O–H groups in total. The van der Waals surface area contributed by atoms with Gasteiger partial charge in [-0.1, -0.05) is 76.8 Å². The summed E-state index contributed by atoms with van der Waals surface area (Å²) in [6, 6.07) is -4.65. The van der Waals surface area contributed by atoms with E-state index >= 15 is 33.6 Å². The van der Waals surface area contributed by atoms with E-state index in [1.54, 1.807) is 32.9 Å². The first-order valence-corrected chi connectivity index (χ1v) is 38.3. The zero-order valence-corrected chi connectivity index (χ0v) is 65.6. The molecule has 3 aliphatic carbocycles. The molecule has 1 spiro atoms. The fraction of sp³-hybridized carbons (Fsp3) is 0.667. The molecule has 2 aromatic carbocycles. The molecule has 12 amide bonds. The lowest BCUT2D eigenvalue weighted by molar-refractivity contribution is -0.166. The monoisotopic (exact) mass is 1550 g/mol. The number of hydrogen-bond acceptors (Lipinski definition) is 14. The van der Waals surface area contributed by atoms with Crippen LogP contribution in [-0.4, -0.2) is 282 Å². The number of rotatable bonds is 15. The van der Waals surface area contributed by atoms with E-state index in [1.165, 1.54) is 96.7 Å². The molecule has 2 bridgehead atoms. The van der Waals surface area contributed by atoms with Crippen LogP contribution in [0.3, 0.4) is 0 Å². The first-order valence-electron chi connectivity index (χ1n) is 38.3. The number of benzene rings is 2. The summed E-state index contributed by atoms with van der Waals surface area (Å²) >= 11 is 0. The molecule has 5 fully saturated rings. The molecule has 10 atom stereocenters. The van der Waals surface area contributed by atoms with Crippen LogP contribution in [0.15, 0.2) is 54.6 Å². The number of alkyl halides is 6. The Morgan fingerprint density at radius 1 is 0.664 bits per heavy atom. The Kier molecular flexibility index (Phi) is 29.2. The number of carbonyl (C=O) groups excluding carboxylic acids is 12. The van der Waals surface area contributed by atoms with Crippen molar-refractivity contribution in [3.63, 3.8) is 0 Å². The Labute approximate surface area is 640 Å². The number of halogens is 6. The minimum atomic E-state index is -4.82. The van der Waals surface area contributed by atoms with Gasteiger partial charge in [0.15, 0.2) is 0 Å². The van der Waals surface area contributed by atoms with Gasteiger partial charge in [-0.25, -0.2) is 0 Å². The standard InChI is InChI=1S/C78H110F6N12O14/c1-14-23-56-67(100)86-65(47(4)15-2)73(106)95(52-33-34-52)46-64(99)90(9)57-26-18-17-21-39-94(72(57)105)59(40-48-27-31-51(32-28-48)77(79,80)81)70(103)88(7)45-62(97)85-55(36-30-49-29-35-54(78(82,83)84)61(41-49)109-13)68(101)96-44-53(110-16-3)42-60(96)71(104)93(12)76(37-22-38-76)75(108)92(11)66(50-24-19-20-25-50)74(107)91(10)58(69(102)87(5)6)43-63(98)89(56)8/h17-18,27-29,31-32,35,41,47,50,52-53,55-60,65-66H,14-16,19-26,30,33-34,36-40,42-46H2,1-13H3,(H,85,97)(H,86,100)/b18-17-/t47-,53+,55+,56-,57-,58-,59-,60-,65-,66-/m0/s1. The predicted molar refractivity (Wildman–Crippen MR) is 392 cm³/mol. The molecule has 26 nitrogen and oxygen atoms in total. The Bertz CT molecular complexity index is 3710. The minimum Gasteiger partial charge on any atom is -0.496 e. The average Bonchev–Trinajstić information content (AvgIpc) is 1.13. The number of carbonyl (C=O) groups is 12. The van der Waals surface area contributed by atoms with Gasteiger partial charge in [0.2, 0.25) is 70.9 Å². The predicted octanol–water partition coefficient (Wildman–Crippen LogP) is 6.10. The molecule has 3 heterocycles. The highest BCUT2D eigenvalue weighted by Gasteiger charge is 2.57. The highest BCUT2D eigenvalue weighted by atomic mass is 19.4. The lowest BCUT2D eigenvalue weighted by Gasteiger charge is -2.51. The summed E-state index contributed by atoms with van der Waals surface area (Å²) in [6.45, 7) is 5.31. The molecule has 608 valence electrons. The van der Waals surface area contributed by atoms with Crippen molar-refractivity contribution in [1.29, 1.82) is 0 Å². The van der Waals surface area contributed by atoms with Gasteiger partial charge in [-0.2, -0.15) is 26.3 Å². The number of amides is 12. The van der Waals surface area contributed by atoms with Gasteiger partial charge < -0.3 is 69.1 Å². The molecule has 32 heteroatoms. The number of fused-ring (bicyclic) bond motifs is 3. The van der Waals surface area contributed by atoms with Crippen molar-refractivity contribution >= 4 is 70.9 Å². The fourth-order valence-electron chi connectivity index (χ4n) is 16.0. The smallest absolute Gasteiger partial charge is 0.419 e. The average molecular weight is 1550 g/mol. The summed E-state index contributed by atoms with van der Waals surface area (Å²) in [5.74, 6) is -10.5. The van der Waals surface area contributed by atoms with E-state index in [1.807, 2.05) is 6.92 Å². The van der Waals surface area contributed by atoms with E-state index in [4.69, 9.17) is 9.47 Å². The molecule has 0 unspecified atom stereocenters. The second-order valence-corrected chi connectivity index (χ2v) is 30.6. The lowest BCUT2D eigenvalue weighted by Crippen LogP contribution is -2.68. The maximum absolute atomic E-state index is 15.8. The van der Waals surface area contributed by atoms with Crippen molar-refractivity contribution in [3.05, 3.63) is 76.9 Å². The SMILES string of the molecule is CCC[C@H]1C(=O)N[C@@H]([C@@H](C)CC)C(=O)N(C2CC2)CC(=O)N(C)[C@H]2C/C=C\CCN(C2=O)[C@@H](Cc2ccc(C(F)(F)F)cc2)C(=O)N(C)CC(=O)N[C@H](CCc2ccc(C(F)(F)F)c(OC)c2)C(=O)N2C[C@H](OCC)C[C@H]2C(=O)N(C)C2(CCC2)C(=O)N(C)[C@@H](C2CCCC2)C(=O)N(C)[C@H](C(=O)N(C)C)CC(=O)N1C. The maximum atomic E-state index is 15.8. The Hall–Kier alpha value is -8.84. The minimum absolute atomic E-state index is 0.0819. The van der Waals surface area contributed by atoms with Gasteiger partial charge in [-0.15, -0.1) is 0 Å². The molecule has 0 radical (unpaired) electrons. The third-order valence-corrected chi connectivity index (χ3v) is 23.2. The van der Waals surface area contributed by atoms with Crippen LogP contribution in [0, 0.1) is 11.8 Å². The molecule has 2 saturated heterocycles. The number of methoxy groups -OCH3 is 1. The van der Waals surface area contributed by atoms with E-state index in [-0.39, 0.29) is 82.2 Å². The molecule has 2 aromatic rings. The Balaban J connectivity index is 1.24. The molecule has 3 aliphatic heterocycles. The normalized spacial score (nSPS) is 26.5. The third kappa shape index (κ3) is 19.9. The number of ether oxygens (including phenoxy) is 2. The highest BCUT2D eigenvalue weighted by molar-refractivity contribution is 6.01. The van der Waals surface area contributed by atoms with Crippen LogP contribution in [0.5, 0.6) is 5.75 Å². The van der Waals surface area contributed by atoms with Crippen molar-refractivity contribution in [2.75, 3.05) is 96.3 Å². The number of aryl methyl sites for hydroxylation is 1. The van der Waals surface area contributed by atoms with E-state index in [2.05, 4.69) is 10.6 Å². The van der Waals surface area contributed by atoms with Crippen molar-refractivity contribution in [3.8, 4) is 5.75 Å². The van der Waals surface area contributed by atoms with Crippen molar-refractivity contribution < 1.29 is 93.4 Å². The molecule has 110 heavy (non-hydrogen) atoms. The van der Waals surface area contributed by atoms with Crippen molar-refractivity contribution in [2.45, 2.75) is 228 Å². The Morgan fingerprint density at radius 3 is 1.89 bits per heavy atom. The summed E-state index contributed by atoms with van der Waals surface area (Å²) in [4.78, 5) is 195. The first-order chi connectivity index (χ1) is 51.8. The highest BCUT2D eigenvalue weighted by Crippen LogP contribution is 2.43. The number of hydrogen-bond donors (Lipinski definition) is 2. The van der Waals surface area contributed by atoms with Crippen LogP contribution in [0.25, 0.3) is 0 Å². The third-order valence-electron chi connectivity index (χ3n) is 23.2. The lowest BCUT2D eigenvalue weighted by atomic mass is 9.73. The quantitative estimate of drug-likeness (QED) is 0.151. The summed E-state index contributed by atoms with van der Waals surface area (Å²) in [5, 5.41) is 5.64. The summed E-state index contributed by atoms with van der Waals surface area (Å²) in [7, 11) is 12.2. The summed E-state index contributed by atoms with van der Waals surface area (Å²) in [6.07, 6.45) is -3.82. The fourth-order valence-corrected chi connectivity index (χ4v) is 16.0. The van der Waals surface area contributed by atoms with E-state index < -0.39 is 204 Å². The van der Waals surface area contributed by atoms with E-state index in [0.29, 0.717) is 57.8 Å². The van der Waals surface area contributed by atoms with E-state index in [0.717, 1.165) is 58.2 Å². The van der Waals surface area contributed by atoms with Gasteiger partial charge in [0, 0.05) is 95.0 Å². The van der Waals surface area contributed by atoms with Crippen molar-refractivity contribution in [2.24, 2.45) is 11.8 Å². The van der Waals surface area contributed by atoms with Gasteiger partial charge in [-0.3, -0.25) is 57.5 Å². The van der Waals surface area contributed by atoms with Crippen LogP contribution in [0.4, 0.5) is 26.3 Å². The topological polar surface area (TPSA) is 280 Å². The van der Waals surface area contributed by atoms with Gasteiger partial charge in [0.05, 0.1) is 37.3 Å². The molecular formula is C78H110F6N12O14. The maximum Gasteiger partial charge on any atom is 0.419 e.